The van der Waals surface area contributed by atoms with Gasteiger partial charge in [0.15, 0.2) is 0 Å². The molecule has 0 heterocycles. The molecule has 0 aromatic carbocycles. The van der Waals surface area contributed by atoms with Gasteiger partial charge in [0, 0.05) is 13.2 Å². The summed E-state index contributed by atoms with van der Waals surface area (Å²) in [6.07, 6.45) is 4.12. The fourth-order valence-electron chi connectivity index (χ4n) is 1.24. The van der Waals surface area contributed by atoms with Crippen molar-refractivity contribution in [2.75, 3.05) is 13.2 Å². The van der Waals surface area contributed by atoms with Gasteiger partial charge in [-0.3, -0.25) is 0 Å². The molecule has 0 rings (SSSR count). The first-order chi connectivity index (χ1) is 6.33. The Hall–Kier alpha value is -0.340. The molecule has 0 aromatic rings. The van der Waals surface area contributed by atoms with Gasteiger partial charge in [0.1, 0.15) is 0 Å². The van der Waals surface area contributed by atoms with Crippen molar-refractivity contribution in [3.63, 3.8) is 0 Å². The van der Waals surface area contributed by atoms with E-state index >= 15 is 0 Å². The van der Waals surface area contributed by atoms with Gasteiger partial charge in [-0.15, -0.1) is 0 Å². The van der Waals surface area contributed by atoms with E-state index in [1.807, 2.05) is 13.8 Å². The lowest BCUT2D eigenvalue weighted by Crippen LogP contribution is -2.26. The summed E-state index contributed by atoms with van der Waals surface area (Å²) >= 11 is 0. The molecule has 0 aliphatic heterocycles. The van der Waals surface area contributed by atoms with Gasteiger partial charge in [-0.1, -0.05) is 12.2 Å². The van der Waals surface area contributed by atoms with Crippen molar-refractivity contribution in [2.45, 2.75) is 52.7 Å². The smallest absolute Gasteiger partial charge is 0.0807 e. The summed E-state index contributed by atoms with van der Waals surface area (Å²) in [5, 5.41) is 0. The maximum Gasteiger partial charge on any atom is 0.0807 e. The normalized spacial score (nSPS) is 13.9. The minimum absolute atomic E-state index is 0.205. The summed E-state index contributed by atoms with van der Waals surface area (Å²) in [5.41, 5.74) is -0.410. The summed E-state index contributed by atoms with van der Waals surface area (Å²) in [6.45, 7) is 13.7. The average Bonchev–Trinajstić information content (AvgIpc) is 2.01. The predicted octanol–water partition coefficient (Wildman–Crippen LogP) is 3.17. The van der Waals surface area contributed by atoms with Gasteiger partial charge < -0.3 is 9.47 Å². The predicted molar refractivity (Wildman–Crippen MR) is 60.6 cm³/mol. The van der Waals surface area contributed by atoms with Crippen LogP contribution in [0.25, 0.3) is 0 Å². The Morgan fingerprint density at radius 2 is 1.07 bits per heavy atom. The van der Waals surface area contributed by atoms with Crippen LogP contribution in [0.1, 0.15) is 41.5 Å². The van der Waals surface area contributed by atoms with Crippen LogP contribution in [0, 0.1) is 0 Å². The molecule has 2 nitrogen and oxygen atoms in total. The first-order valence-corrected chi connectivity index (χ1v) is 5.31. The molecule has 84 valence electrons. The Morgan fingerprint density at radius 1 is 0.786 bits per heavy atom. The Morgan fingerprint density at radius 3 is 1.29 bits per heavy atom. The second-order valence-corrected chi connectivity index (χ2v) is 4.41. The molecule has 0 atom stereocenters. The highest BCUT2D eigenvalue weighted by Crippen LogP contribution is 2.16. The third-order valence-electron chi connectivity index (χ3n) is 1.92. The molecule has 0 bridgehead atoms. The average molecular weight is 200 g/mol. The molecule has 0 saturated carbocycles. The van der Waals surface area contributed by atoms with E-state index < -0.39 is 0 Å². The first-order valence-electron chi connectivity index (χ1n) is 5.31. The van der Waals surface area contributed by atoms with E-state index in [0.29, 0.717) is 0 Å². The Balaban J connectivity index is 4.26. The van der Waals surface area contributed by atoms with Crippen LogP contribution in [0.15, 0.2) is 12.2 Å². The zero-order valence-corrected chi connectivity index (χ0v) is 10.4. The second kappa shape index (κ2) is 5.52. The van der Waals surface area contributed by atoms with E-state index in [-0.39, 0.29) is 11.2 Å². The zero-order valence-electron chi connectivity index (χ0n) is 10.4. The third-order valence-corrected chi connectivity index (χ3v) is 1.92. The van der Waals surface area contributed by atoms with Crippen LogP contribution in [-0.2, 0) is 9.47 Å². The quantitative estimate of drug-likeness (QED) is 0.613. The maximum atomic E-state index is 5.56. The van der Waals surface area contributed by atoms with Gasteiger partial charge >= 0.3 is 0 Å². The lowest BCUT2D eigenvalue weighted by molar-refractivity contribution is 0.0149. The molecule has 0 saturated heterocycles. The highest BCUT2D eigenvalue weighted by atomic mass is 16.5. The van der Waals surface area contributed by atoms with Crippen molar-refractivity contribution >= 4 is 0 Å². The fraction of sp³-hybridized carbons (Fsp3) is 0.833. The maximum absolute atomic E-state index is 5.56. The third kappa shape index (κ3) is 6.17. The standard InChI is InChI=1S/C12H24O2/c1-7-13-11(3,4)9-10-12(5,6)14-8-2/h9-10H,7-8H2,1-6H3/b10-9+. The molecule has 0 amide bonds. The molecule has 0 radical (unpaired) electrons. The van der Waals surface area contributed by atoms with Crippen LogP contribution >= 0.6 is 0 Å². The number of hydrogen-bond donors (Lipinski definition) is 0. The summed E-state index contributed by atoms with van der Waals surface area (Å²) in [5.74, 6) is 0. The monoisotopic (exact) mass is 200 g/mol. The summed E-state index contributed by atoms with van der Waals surface area (Å²) in [7, 11) is 0. The van der Waals surface area contributed by atoms with Crippen molar-refractivity contribution in [2.24, 2.45) is 0 Å². The lowest BCUT2D eigenvalue weighted by atomic mass is 10.0. The molecular formula is C12H24O2. The molecule has 0 fully saturated rings. The van der Waals surface area contributed by atoms with Crippen molar-refractivity contribution in [3.8, 4) is 0 Å². The fourth-order valence-corrected chi connectivity index (χ4v) is 1.24. The molecule has 2 heteroatoms. The molecular weight excluding hydrogens is 176 g/mol. The van der Waals surface area contributed by atoms with Crippen LogP contribution in [0.5, 0.6) is 0 Å². The minimum Gasteiger partial charge on any atom is -0.372 e. The number of rotatable bonds is 6. The zero-order chi connectivity index (χ0) is 11.2. The van der Waals surface area contributed by atoms with Crippen LogP contribution in [0.4, 0.5) is 0 Å². The van der Waals surface area contributed by atoms with E-state index in [1.54, 1.807) is 0 Å². The van der Waals surface area contributed by atoms with Crippen molar-refractivity contribution in [1.82, 2.24) is 0 Å². The van der Waals surface area contributed by atoms with Gasteiger partial charge in [-0.25, -0.2) is 0 Å². The molecule has 14 heavy (non-hydrogen) atoms. The molecule has 0 aliphatic carbocycles. The van der Waals surface area contributed by atoms with Crippen molar-refractivity contribution < 1.29 is 9.47 Å². The lowest BCUT2D eigenvalue weighted by Gasteiger charge is -2.25. The Bertz CT molecular complexity index is 161. The van der Waals surface area contributed by atoms with E-state index in [9.17, 15) is 0 Å². The van der Waals surface area contributed by atoms with E-state index in [4.69, 9.17) is 9.47 Å². The molecule has 0 spiro atoms. The second-order valence-electron chi connectivity index (χ2n) is 4.41. The van der Waals surface area contributed by atoms with Gasteiger partial charge in [-0.05, 0) is 41.5 Å². The van der Waals surface area contributed by atoms with Crippen LogP contribution < -0.4 is 0 Å². The topological polar surface area (TPSA) is 18.5 Å². The van der Waals surface area contributed by atoms with Gasteiger partial charge in [0.2, 0.25) is 0 Å². The largest absolute Gasteiger partial charge is 0.372 e. The highest BCUT2D eigenvalue weighted by molar-refractivity contribution is 5.04. The Labute approximate surface area is 88.3 Å². The number of ether oxygens (including phenoxy) is 2. The van der Waals surface area contributed by atoms with Gasteiger partial charge in [0.25, 0.3) is 0 Å². The van der Waals surface area contributed by atoms with E-state index in [2.05, 4.69) is 39.8 Å². The van der Waals surface area contributed by atoms with Crippen LogP contribution in [0.3, 0.4) is 0 Å². The van der Waals surface area contributed by atoms with Crippen LogP contribution in [0.2, 0.25) is 0 Å². The van der Waals surface area contributed by atoms with Gasteiger partial charge in [0.05, 0.1) is 11.2 Å². The molecule has 0 N–H and O–H groups in total. The van der Waals surface area contributed by atoms with E-state index in [1.165, 1.54) is 0 Å². The highest BCUT2D eigenvalue weighted by Gasteiger charge is 2.17. The number of hydrogen-bond acceptors (Lipinski definition) is 2. The summed E-state index contributed by atoms with van der Waals surface area (Å²) < 4.78 is 11.1. The van der Waals surface area contributed by atoms with Crippen LogP contribution in [-0.4, -0.2) is 24.4 Å². The molecule has 0 aromatic heterocycles. The minimum atomic E-state index is -0.205. The Kier molecular flexibility index (Phi) is 5.38. The van der Waals surface area contributed by atoms with Gasteiger partial charge in [-0.2, -0.15) is 0 Å². The first kappa shape index (κ1) is 13.7. The van der Waals surface area contributed by atoms with E-state index in [0.717, 1.165) is 13.2 Å². The van der Waals surface area contributed by atoms with Crippen molar-refractivity contribution in [3.05, 3.63) is 12.2 Å². The summed E-state index contributed by atoms with van der Waals surface area (Å²) in [4.78, 5) is 0. The summed E-state index contributed by atoms with van der Waals surface area (Å²) in [6, 6.07) is 0. The molecule has 0 aliphatic rings. The molecule has 0 unspecified atom stereocenters. The SMILES string of the molecule is CCOC(C)(C)/C=C/C(C)(C)OCC. The van der Waals surface area contributed by atoms with Crippen molar-refractivity contribution in [1.29, 1.82) is 0 Å².